The summed E-state index contributed by atoms with van der Waals surface area (Å²) in [4.78, 5) is 36.5. The van der Waals surface area contributed by atoms with E-state index in [-0.39, 0.29) is 24.5 Å². The Morgan fingerprint density at radius 3 is 2.44 bits per heavy atom. The fourth-order valence-corrected chi connectivity index (χ4v) is 3.28. The van der Waals surface area contributed by atoms with Gasteiger partial charge in [-0.3, -0.25) is 9.59 Å². The lowest BCUT2D eigenvalue weighted by Gasteiger charge is -2.16. The molecular formula is C18H18ClNO4S. The van der Waals surface area contributed by atoms with Crippen LogP contribution in [-0.2, 0) is 20.7 Å². The lowest BCUT2D eigenvalue weighted by molar-refractivity contribution is -0.145. The minimum Gasteiger partial charge on any atom is -0.467 e. The molecule has 2 rings (SSSR count). The molecule has 0 unspecified atom stereocenters. The molecule has 0 spiro atoms. The van der Waals surface area contributed by atoms with E-state index in [1.54, 1.807) is 12.1 Å². The number of ketones is 1. The van der Waals surface area contributed by atoms with Crippen LogP contribution in [0.25, 0.3) is 0 Å². The molecule has 1 aromatic carbocycles. The van der Waals surface area contributed by atoms with Crippen LogP contribution < -0.4 is 5.32 Å². The predicted molar refractivity (Wildman–Crippen MR) is 97.0 cm³/mol. The quantitative estimate of drug-likeness (QED) is 0.564. The molecule has 0 aliphatic carbocycles. The van der Waals surface area contributed by atoms with Crippen LogP contribution in [-0.4, -0.2) is 30.8 Å². The molecule has 0 saturated heterocycles. The van der Waals surface area contributed by atoms with Gasteiger partial charge in [-0.15, -0.1) is 11.3 Å². The van der Waals surface area contributed by atoms with Crippen molar-refractivity contribution in [3.63, 3.8) is 0 Å². The Labute approximate surface area is 154 Å². The number of Topliss-reactive ketones (excluding diaryl/α,β-unsaturated/α-hetero) is 1. The van der Waals surface area contributed by atoms with Crippen molar-refractivity contribution in [3.05, 3.63) is 57.2 Å². The molecule has 25 heavy (non-hydrogen) atoms. The first-order valence-corrected chi connectivity index (χ1v) is 8.88. The average molecular weight is 380 g/mol. The SMILES string of the molecule is COC(=O)[C@H](Cc1ccccc1)NC(=O)CCC(=O)c1ccc(Cl)s1. The van der Waals surface area contributed by atoms with E-state index < -0.39 is 12.0 Å². The van der Waals surface area contributed by atoms with Crippen LogP contribution in [0.1, 0.15) is 28.1 Å². The van der Waals surface area contributed by atoms with Crippen LogP contribution >= 0.6 is 22.9 Å². The molecule has 1 heterocycles. The van der Waals surface area contributed by atoms with Crippen molar-refractivity contribution in [2.75, 3.05) is 7.11 Å². The Morgan fingerprint density at radius 1 is 1.12 bits per heavy atom. The summed E-state index contributed by atoms with van der Waals surface area (Å²) in [5, 5.41) is 2.64. The number of carbonyl (C=O) groups excluding carboxylic acids is 3. The van der Waals surface area contributed by atoms with Crippen molar-refractivity contribution in [2.45, 2.75) is 25.3 Å². The first-order valence-electron chi connectivity index (χ1n) is 7.69. The molecule has 0 bridgehead atoms. The van der Waals surface area contributed by atoms with Gasteiger partial charge in [0.15, 0.2) is 5.78 Å². The number of methoxy groups -OCH3 is 1. The zero-order valence-electron chi connectivity index (χ0n) is 13.7. The average Bonchev–Trinajstić information content (AvgIpc) is 3.06. The van der Waals surface area contributed by atoms with Gasteiger partial charge in [-0.2, -0.15) is 0 Å². The number of carbonyl (C=O) groups is 3. The smallest absolute Gasteiger partial charge is 0.328 e. The summed E-state index contributed by atoms with van der Waals surface area (Å²) in [6, 6.07) is 11.8. The van der Waals surface area contributed by atoms with Gasteiger partial charge in [-0.1, -0.05) is 41.9 Å². The highest BCUT2D eigenvalue weighted by Gasteiger charge is 2.22. The zero-order chi connectivity index (χ0) is 18.2. The number of thiophene rings is 1. The number of rotatable bonds is 8. The predicted octanol–water partition coefficient (Wildman–Crippen LogP) is 3.26. The molecule has 5 nitrogen and oxygen atoms in total. The molecule has 1 amide bonds. The highest BCUT2D eigenvalue weighted by molar-refractivity contribution is 7.18. The fourth-order valence-electron chi connectivity index (χ4n) is 2.27. The van der Waals surface area contributed by atoms with E-state index in [2.05, 4.69) is 5.32 Å². The van der Waals surface area contributed by atoms with E-state index >= 15 is 0 Å². The lowest BCUT2D eigenvalue weighted by Crippen LogP contribution is -2.43. The van der Waals surface area contributed by atoms with Crippen molar-refractivity contribution in [1.82, 2.24) is 5.32 Å². The molecular weight excluding hydrogens is 362 g/mol. The third-order valence-corrected chi connectivity index (χ3v) is 4.80. The van der Waals surface area contributed by atoms with Crippen LogP contribution in [0.4, 0.5) is 0 Å². The number of hydrogen-bond acceptors (Lipinski definition) is 5. The minimum absolute atomic E-state index is 0.00334. The van der Waals surface area contributed by atoms with Gasteiger partial charge in [0.2, 0.25) is 5.91 Å². The normalized spacial score (nSPS) is 11.6. The molecule has 0 fully saturated rings. The second-order valence-corrected chi connectivity index (χ2v) is 7.08. The topological polar surface area (TPSA) is 72.5 Å². The van der Waals surface area contributed by atoms with Crippen LogP contribution in [0.15, 0.2) is 42.5 Å². The van der Waals surface area contributed by atoms with E-state index in [1.807, 2.05) is 30.3 Å². The van der Waals surface area contributed by atoms with Gasteiger partial charge in [0, 0.05) is 19.3 Å². The van der Waals surface area contributed by atoms with Gasteiger partial charge in [-0.25, -0.2) is 4.79 Å². The molecule has 0 aliphatic heterocycles. The maximum atomic E-state index is 12.1. The monoisotopic (exact) mass is 379 g/mol. The van der Waals surface area contributed by atoms with Crippen molar-refractivity contribution in [2.24, 2.45) is 0 Å². The van der Waals surface area contributed by atoms with Gasteiger partial charge in [-0.05, 0) is 17.7 Å². The summed E-state index contributed by atoms with van der Waals surface area (Å²) in [7, 11) is 1.27. The second-order valence-electron chi connectivity index (χ2n) is 5.36. The molecule has 1 aromatic heterocycles. The minimum atomic E-state index is -0.786. The molecule has 2 aromatic rings. The van der Waals surface area contributed by atoms with Crippen LogP contribution in [0.5, 0.6) is 0 Å². The highest BCUT2D eigenvalue weighted by Crippen LogP contribution is 2.22. The van der Waals surface area contributed by atoms with Crippen LogP contribution in [0, 0.1) is 0 Å². The standard InChI is InChI=1S/C18H18ClNO4S/c1-24-18(23)13(11-12-5-3-2-4-6-12)20-17(22)10-7-14(21)15-8-9-16(19)25-15/h2-6,8-9,13H,7,10-11H2,1H3,(H,20,22)/t13-/m0/s1. The van der Waals surface area contributed by atoms with Gasteiger partial charge >= 0.3 is 5.97 Å². The maximum absolute atomic E-state index is 12.1. The van der Waals surface area contributed by atoms with Gasteiger partial charge < -0.3 is 10.1 Å². The van der Waals surface area contributed by atoms with Crippen molar-refractivity contribution in [3.8, 4) is 0 Å². The summed E-state index contributed by atoms with van der Waals surface area (Å²) < 4.78 is 5.28. The lowest BCUT2D eigenvalue weighted by atomic mass is 10.1. The van der Waals surface area contributed by atoms with E-state index in [4.69, 9.17) is 16.3 Å². The Balaban J connectivity index is 1.90. The van der Waals surface area contributed by atoms with Crippen molar-refractivity contribution < 1.29 is 19.1 Å². The molecule has 7 heteroatoms. The van der Waals surface area contributed by atoms with E-state index in [0.717, 1.165) is 5.56 Å². The summed E-state index contributed by atoms with van der Waals surface area (Å²) in [6.07, 6.45) is 0.381. The highest BCUT2D eigenvalue weighted by atomic mass is 35.5. The number of nitrogens with one attached hydrogen (secondary N) is 1. The van der Waals surface area contributed by atoms with Crippen molar-refractivity contribution in [1.29, 1.82) is 0 Å². The van der Waals surface area contributed by atoms with Crippen LogP contribution in [0.3, 0.4) is 0 Å². The summed E-state index contributed by atoms with van der Waals surface area (Å²) in [5.74, 6) is -1.04. The number of amides is 1. The molecule has 0 aliphatic rings. The molecule has 0 saturated carbocycles. The number of esters is 1. The van der Waals surface area contributed by atoms with Gasteiger partial charge in [0.25, 0.3) is 0 Å². The first-order chi connectivity index (χ1) is 12.0. The number of halogens is 1. The summed E-state index contributed by atoms with van der Waals surface area (Å²) >= 11 is 6.98. The maximum Gasteiger partial charge on any atom is 0.328 e. The molecule has 132 valence electrons. The zero-order valence-corrected chi connectivity index (χ0v) is 15.2. The van der Waals surface area contributed by atoms with Crippen LogP contribution in [0.2, 0.25) is 4.34 Å². The first kappa shape index (κ1) is 19.1. The largest absolute Gasteiger partial charge is 0.467 e. The summed E-state index contributed by atoms with van der Waals surface area (Å²) in [6.45, 7) is 0. The third-order valence-electron chi connectivity index (χ3n) is 3.53. The molecule has 0 radical (unpaired) electrons. The van der Waals surface area contributed by atoms with E-state index in [9.17, 15) is 14.4 Å². The Kier molecular flexibility index (Phi) is 7.16. The van der Waals surface area contributed by atoms with Gasteiger partial charge in [0.1, 0.15) is 6.04 Å². The molecule has 1 atom stereocenters. The number of hydrogen-bond donors (Lipinski definition) is 1. The fraction of sp³-hybridized carbons (Fsp3) is 0.278. The van der Waals surface area contributed by atoms with Gasteiger partial charge in [0.05, 0.1) is 16.3 Å². The van der Waals surface area contributed by atoms with Crippen molar-refractivity contribution >= 4 is 40.6 Å². The van der Waals surface area contributed by atoms with E-state index in [1.165, 1.54) is 18.4 Å². The number of ether oxygens (including phenoxy) is 1. The molecule has 1 N–H and O–H groups in total. The number of benzene rings is 1. The van der Waals surface area contributed by atoms with E-state index in [0.29, 0.717) is 15.6 Å². The Morgan fingerprint density at radius 2 is 1.84 bits per heavy atom. The Hall–Kier alpha value is -2.18. The Bertz CT molecular complexity index is 745. The third kappa shape index (κ3) is 5.99. The summed E-state index contributed by atoms with van der Waals surface area (Å²) in [5.41, 5.74) is 0.905. The second kappa shape index (κ2) is 9.34.